The Labute approximate surface area is 145 Å². The van der Waals surface area contributed by atoms with E-state index in [1.54, 1.807) is 12.3 Å². The maximum absolute atomic E-state index is 11.9. The number of hydrogen-bond donors (Lipinski definition) is 1. The molecular formula is C19H19N3O3. The molecular weight excluding hydrogens is 318 g/mol. The quantitative estimate of drug-likeness (QED) is 0.669. The van der Waals surface area contributed by atoms with Crippen molar-refractivity contribution in [1.82, 2.24) is 15.1 Å². The number of carbonyl (C=O) groups is 1. The molecule has 1 amide bonds. The number of aryl methyl sites for hydroxylation is 1. The van der Waals surface area contributed by atoms with Gasteiger partial charge in [0.1, 0.15) is 5.75 Å². The van der Waals surface area contributed by atoms with Gasteiger partial charge in [-0.2, -0.15) is 5.10 Å². The Hall–Kier alpha value is -3.15. The molecule has 6 heteroatoms. The van der Waals surface area contributed by atoms with Gasteiger partial charge in [0.05, 0.1) is 0 Å². The maximum atomic E-state index is 11.9. The van der Waals surface area contributed by atoms with Gasteiger partial charge in [-0.1, -0.05) is 36.4 Å². The van der Waals surface area contributed by atoms with Crippen LogP contribution in [0.5, 0.6) is 5.75 Å². The van der Waals surface area contributed by atoms with E-state index >= 15 is 0 Å². The lowest BCUT2D eigenvalue weighted by molar-refractivity contribution is -0.123. The van der Waals surface area contributed by atoms with Crippen LogP contribution in [-0.4, -0.2) is 28.8 Å². The molecule has 6 nitrogen and oxygen atoms in total. The number of carbonyl (C=O) groups excluding carboxylic acids is 1. The van der Waals surface area contributed by atoms with Crippen molar-refractivity contribution in [2.75, 3.05) is 13.2 Å². The molecule has 0 aliphatic rings. The van der Waals surface area contributed by atoms with Crippen LogP contribution in [-0.2, 0) is 11.3 Å². The van der Waals surface area contributed by atoms with Crippen molar-refractivity contribution < 1.29 is 9.53 Å². The van der Waals surface area contributed by atoms with Crippen LogP contribution in [0.3, 0.4) is 0 Å². The van der Waals surface area contributed by atoms with Crippen molar-refractivity contribution in [2.24, 2.45) is 0 Å². The maximum Gasteiger partial charge on any atom is 0.266 e. The number of aromatic nitrogens is 2. The fourth-order valence-electron chi connectivity index (χ4n) is 2.53. The zero-order chi connectivity index (χ0) is 17.5. The summed E-state index contributed by atoms with van der Waals surface area (Å²) >= 11 is 0. The third-order valence-corrected chi connectivity index (χ3v) is 3.76. The monoisotopic (exact) mass is 337 g/mol. The number of ether oxygens (including phenoxy) is 1. The van der Waals surface area contributed by atoms with E-state index in [1.165, 1.54) is 10.7 Å². The molecule has 0 aliphatic carbocycles. The number of benzene rings is 2. The Bertz CT molecular complexity index is 915. The van der Waals surface area contributed by atoms with Crippen LogP contribution in [0, 0.1) is 0 Å². The topological polar surface area (TPSA) is 73.2 Å². The van der Waals surface area contributed by atoms with Crippen LogP contribution in [0.1, 0.15) is 6.42 Å². The highest BCUT2D eigenvalue weighted by Crippen LogP contribution is 2.24. The molecule has 128 valence electrons. The van der Waals surface area contributed by atoms with E-state index in [2.05, 4.69) is 10.4 Å². The number of rotatable bonds is 7. The Morgan fingerprint density at radius 3 is 2.80 bits per heavy atom. The minimum atomic E-state index is -0.193. The average Bonchev–Trinajstić information content (AvgIpc) is 2.65. The second-order valence-corrected chi connectivity index (χ2v) is 5.55. The van der Waals surface area contributed by atoms with Crippen LogP contribution < -0.4 is 15.6 Å². The number of nitrogens with one attached hydrogen (secondary N) is 1. The van der Waals surface area contributed by atoms with E-state index in [4.69, 9.17) is 4.74 Å². The molecule has 3 aromatic rings. The first-order chi connectivity index (χ1) is 12.2. The standard InChI is InChI=1S/C19H19N3O3/c23-18(20-11-5-13-22-19(24)10-4-12-21-22)14-25-17-9-3-7-15-6-1-2-8-16(15)17/h1-4,6-10,12H,5,11,13-14H2,(H,20,23). The van der Waals surface area contributed by atoms with E-state index < -0.39 is 0 Å². The molecule has 0 aliphatic heterocycles. The van der Waals surface area contributed by atoms with Gasteiger partial charge in [-0.15, -0.1) is 0 Å². The number of fused-ring (bicyclic) bond motifs is 1. The van der Waals surface area contributed by atoms with Crippen molar-refractivity contribution >= 4 is 16.7 Å². The molecule has 0 saturated carbocycles. The molecule has 0 spiro atoms. The molecule has 3 rings (SSSR count). The first-order valence-corrected chi connectivity index (χ1v) is 8.13. The number of hydrogen-bond acceptors (Lipinski definition) is 4. The molecule has 1 aromatic heterocycles. The summed E-state index contributed by atoms with van der Waals surface area (Å²) < 4.78 is 7.01. The molecule has 25 heavy (non-hydrogen) atoms. The Kier molecular flexibility index (Phi) is 5.41. The van der Waals surface area contributed by atoms with Crippen LogP contribution >= 0.6 is 0 Å². The zero-order valence-corrected chi connectivity index (χ0v) is 13.7. The van der Waals surface area contributed by atoms with Crippen molar-refractivity contribution in [3.8, 4) is 5.75 Å². The van der Waals surface area contributed by atoms with Crippen LogP contribution in [0.2, 0.25) is 0 Å². The normalized spacial score (nSPS) is 10.6. The molecule has 0 bridgehead atoms. The first kappa shape index (κ1) is 16.7. The lowest BCUT2D eigenvalue weighted by atomic mass is 10.1. The van der Waals surface area contributed by atoms with Gasteiger partial charge in [0.25, 0.3) is 11.5 Å². The first-order valence-electron chi connectivity index (χ1n) is 8.13. The second kappa shape index (κ2) is 8.10. The second-order valence-electron chi connectivity index (χ2n) is 5.55. The fraction of sp³-hybridized carbons (Fsp3) is 0.211. The molecule has 1 heterocycles. The molecule has 2 aromatic carbocycles. The van der Waals surface area contributed by atoms with E-state index in [1.807, 2.05) is 42.5 Å². The predicted molar refractivity (Wildman–Crippen MR) is 95.6 cm³/mol. The Balaban J connectivity index is 1.45. The van der Waals surface area contributed by atoms with Gasteiger partial charge in [0, 0.05) is 30.7 Å². The SMILES string of the molecule is O=C(COc1cccc2ccccc12)NCCCn1ncccc1=O. The van der Waals surface area contributed by atoms with Crippen LogP contribution in [0.4, 0.5) is 0 Å². The summed E-state index contributed by atoms with van der Waals surface area (Å²) in [5.74, 6) is 0.495. The number of amides is 1. The van der Waals surface area contributed by atoms with Crippen molar-refractivity contribution in [3.05, 3.63) is 71.1 Å². The predicted octanol–water partition coefficient (Wildman–Crippen LogP) is 1.98. The average molecular weight is 337 g/mol. The minimum Gasteiger partial charge on any atom is -0.483 e. The summed E-state index contributed by atoms with van der Waals surface area (Å²) in [6.07, 6.45) is 2.19. The van der Waals surface area contributed by atoms with E-state index in [0.29, 0.717) is 25.3 Å². The zero-order valence-electron chi connectivity index (χ0n) is 13.7. The van der Waals surface area contributed by atoms with E-state index in [-0.39, 0.29) is 18.1 Å². The van der Waals surface area contributed by atoms with Crippen molar-refractivity contribution in [1.29, 1.82) is 0 Å². The fourth-order valence-corrected chi connectivity index (χ4v) is 2.53. The van der Waals surface area contributed by atoms with E-state index in [9.17, 15) is 9.59 Å². The summed E-state index contributed by atoms with van der Waals surface area (Å²) in [5, 5.41) is 8.80. The van der Waals surface area contributed by atoms with Gasteiger partial charge in [-0.3, -0.25) is 9.59 Å². The summed E-state index contributed by atoms with van der Waals surface area (Å²) in [7, 11) is 0. The number of nitrogens with zero attached hydrogens (tertiary/aromatic N) is 2. The summed E-state index contributed by atoms with van der Waals surface area (Å²) in [6, 6.07) is 16.7. The van der Waals surface area contributed by atoms with Crippen LogP contribution in [0.15, 0.2) is 65.6 Å². The van der Waals surface area contributed by atoms with Crippen molar-refractivity contribution in [3.63, 3.8) is 0 Å². The molecule has 1 N–H and O–H groups in total. The van der Waals surface area contributed by atoms with Gasteiger partial charge in [0.15, 0.2) is 6.61 Å². The lowest BCUT2D eigenvalue weighted by Gasteiger charge is -2.10. The highest BCUT2D eigenvalue weighted by molar-refractivity contribution is 5.88. The van der Waals surface area contributed by atoms with Gasteiger partial charge in [-0.05, 0) is 23.9 Å². The Morgan fingerprint density at radius 2 is 1.92 bits per heavy atom. The van der Waals surface area contributed by atoms with Gasteiger partial charge >= 0.3 is 0 Å². The molecule has 0 fully saturated rings. The van der Waals surface area contributed by atoms with Gasteiger partial charge < -0.3 is 10.1 Å². The summed E-state index contributed by atoms with van der Waals surface area (Å²) in [6.45, 7) is 0.877. The van der Waals surface area contributed by atoms with Crippen molar-refractivity contribution in [2.45, 2.75) is 13.0 Å². The smallest absolute Gasteiger partial charge is 0.266 e. The Morgan fingerprint density at radius 1 is 1.08 bits per heavy atom. The van der Waals surface area contributed by atoms with Gasteiger partial charge in [0.2, 0.25) is 0 Å². The largest absolute Gasteiger partial charge is 0.483 e. The van der Waals surface area contributed by atoms with Crippen LogP contribution in [0.25, 0.3) is 10.8 Å². The summed E-state index contributed by atoms with van der Waals surface area (Å²) in [4.78, 5) is 23.4. The third-order valence-electron chi connectivity index (χ3n) is 3.76. The highest BCUT2D eigenvalue weighted by Gasteiger charge is 2.05. The summed E-state index contributed by atoms with van der Waals surface area (Å²) in [5.41, 5.74) is -0.145. The highest BCUT2D eigenvalue weighted by atomic mass is 16.5. The third kappa shape index (κ3) is 4.44. The van der Waals surface area contributed by atoms with Gasteiger partial charge in [-0.25, -0.2) is 4.68 Å². The molecule has 0 radical (unpaired) electrons. The molecule has 0 atom stereocenters. The molecule has 0 saturated heterocycles. The van der Waals surface area contributed by atoms with E-state index in [0.717, 1.165) is 10.8 Å². The lowest BCUT2D eigenvalue weighted by Crippen LogP contribution is -2.31. The molecule has 0 unspecified atom stereocenters. The minimum absolute atomic E-state index is 0.0441.